The summed E-state index contributed by atoms with van der Waals surface area (Å²) in [5.74, 6) is 1.07. The van der Waals surface area contributed by atoms with Gasteiger partial charge in [0, 0.05) is 55.0 Å². The molecule has 4 rings (SSSR count). The zero-order valence-electron chi connectivity index (χ0n) is 15.9. The summed E-state index contributed by atoms with van der Waals surface area (Å²) in [7, 11) is 2.03. The van der Waals surface area contributed by atoms with Gasteiger partial charge in [-0.3, -0.25) is 4.79 Å². The molecule has 3 heterocycles. The van der Waals surface area contributed by atoms with Crippen LogP contribution in [0.3, 0.4) is 0 Å². The molecule has 0 aliphatic carbocycles. The van der Waals surface area contributed by atoms with Crippen LogP contribution in [0.1, 0.15) is 24.1 Å². The van der Waals surface area contributed by atoms with E-state index in [1.165, 1.54) is 10.9 Å². The molecule has 3 aromatic rings. The predicted molar refractivity (Wildman–Crippen MR) is 107 cm³/mol. The number of amides is 1. The first-order valence-corrected chi connectivity index (χ1v) is 9.46. The van der Waals surface area contributed by atoms with Crippen molar-refractivity contribution in [3.63, 3.8) is 0 Å². The minimum Gasteiger partial charge on any atom is -0.367 e. The van der Waals surface area contributed by atoms with Crippen LogP contribution in [0.25, 0.3) is 10.9 Å². The van der Waals surface area contributed by atoms with Crippen molar-refractivity contribution in [2.45, 2.75) is 32.2 Å². The number of carbonyl (C=O) groups excluding carboxylic acids is 1. The van der Waals surface area contributed by atoms with E-state index in [1.807, 2.05) is 37.1 Å². The maximum absolute atomic E-state index is 12.8. The first kappa shape index (κ1) is 17.5. The van der Waals surface area contributed by atoms with E-state index in [0.29, 0.717) is 12.5 Å². The monoisotopic (exact) mass is 363 g/mol. The molecule has 6 heteroatoms. The largest absolute Gasteiger partial charge is 0.367 e. The first-order valence-electron chi connectivity index (χ1n) is 9.46. The Morgan fingerprint density at radius 1 is 1.22 bits per heavy atom. The molecule has 6 nitrogen and oxygen atoms in total. The molecular weight excluding hydrogens is 338 g/mol. The van der Waals surface area contributed by atoms with E-state index in [1.54, 1.807) is 6.33 Å². The number of fused-ring (bicyclic) bond motifs is 1. The molecule has 0 bridgehead atoms. The molecule has 1 aliphatic heterocycles. The van der Waals surface area contributed by atoms with Gasteiger partial charge in [0.25, 0.3) is 0 Å². The Labute approximate surface area is 159 Å². The lowest BCUT2D eigenvalue weighted by Gasteiger charge is -2.32. The lowest BCUT2D eigenvalue weighted by Crippen LogP contribution is -2.43. The molecule has 1 N–H and O–H groups in total. The molecule has 1 saturated heterocycles. The molecule has 0 atom stereocenters. The van der Waals surface area contributed by atoms with Crippen molar-refractivity contribution in [2.24, 2.45) is 7.05 Å². The van der Waals surface area contributed by atoms with Crippen molar-refractivity contribution in [2.75, 3.05) is 18.4 Å². The molecule has 1 amide bonds. The predicted octanol–water partition coefficient (Wildman–Crippen LogP) is 2.92. The van der Waals surface area contributed by atoms with E-state index in [0.717, 1.165) is 43.0 Å². The van der Waals surface area contributed by atoms with Gasteiger partial charge in [0.15, 0.2) is 0 Å². The van der Waals surface area contributed by atoms with Gasteiger partial charge >= 0.3 is 0 Å². The normalized spacial score (nSPS) is 15.3. The van der Waals surface area contributed by atoms with Crippen LogP contribution in [0.5, 0.6) is 0 Å². The second kappa shape index (κ2) is 7.39. The van der Waals surface area contributed by atoms with Crippen molar-refractivity contribution in [1.82, 2.24) is 19.4 Å². The third-order valence-corrected chi connectivity index (χ3v) is 5.32. The van der Waals surface area contributed by atoms with Crippen LogP contribution >= 0.6 is 0 Å². The van der Waals surface area contributed by atoms with Gasteiger partial charge in [0.1, 0.15) is 12.1 Å². The summed E-state index contributed by atoms with van der Waals surface area (Å²) in [6.45, 7) is 3.53. The number of benzene rings is 1. The number of hydrogen-bond acceptors (Lipinski definition) is 4. The van der Waals surface area contributed by atoms with Crippen LogP contribution in [0, 0.1) is 6.92 Å². The summed E-state index contributed by atoms with van der Waals surface area (Å²) in [4.78, 5) is 23.2. The highest BCUT2D eigenvalue weighted by molar-refractivity contribution is 5.89. The molecule has 0 radical (unpaired) electrons. The van der Waals surface area contributed by atoms with Gasteiger partial charge in [-0.2, -0.15) is 0 Å². The maximum atomic E-state index is 12.8. The highest BCUT2D eigenvalue weighted by atomic mass is 16.2. The van der Waals surface area contributed by atoms with Gasteiger partial charge in [0.05, 0.1) is 6.42 Å². The summed E-state index contributed by atoms with van der Waals surface area (Å²) in [6, 6.07) is 10.6. The van der Waals surface area contributed by atoms with Gasteiger partial charge in [-0.15, -0.1) is 0 Å². The SMILES string of the molecule is Cc1cc(NC2CCN(C(=O)Cc3cn(C)c4ccccc34)CC2)ncn1. The standard InChI is InChI=1S/C21H25N5O/c1-15-11-20(23-14-22-15)24-17-7-9-26(10-8-17)21(27)12-16-13-25(2)19-6-4-3-5-18(16)19/h3-6,11,13-14,17H,7-10,12H2,1-2H3,(H,22,23,24). The van der Waals surface area contributed by atoms with E-state index >= 15 is 0 Å². The highest BCUT2D eigenvalue weighted by Crippen LogP contribution is 2.22. The zero-order chi connectivity index (χ0) is 18.8. The zero-order valence-corrected chi connectivity index (χ0v) is 15.9. The lowest BCUT2D eigenvalue weighted by atomic mass is 10.0. The van der Waals surface area contributed by atoms with Crippen LogP contribution in [-0.2, 0) is 18.3 Å². The van der Waals surface area contributed by atoms with Crippen molar-refractivity contribution in [3.8, 4) is 0 Å². The summed E-state index contributed by atoms with van der Waals surface area (Å²) < 4.78 is 2.10. The number of aromatic nitrogens is 3. The van der Waals surface area contributed by atoms with Crippen LogP contribution in [0.2, 0.25) is 0 Å². The third kappa shape index (κ3) is 3.79. The molecule has 0 unspecified atom stereocenters. The van der Waals surface area contributed by atoms with Crippen molar-refractivity contribution < 1.29 is 4.79 Å². The number of nitrogens with one attached hydrogen (secondary N) is 1. The minimum atomic E-state index is 0.211. The van der Waals surface area contributed by atoms with Crippen LogP contribution in [0.15, 0.2) is 42.9 Å². The number of nitrogens with zero attached hydrogens (tertiary/aromatic N) is 4. The van der Waals surface area contributed by atoms with E-state index in [9.17, 15) is 4.79 Å². The fourth-order valence-electron chi connectivity index (χ4n) is 3.86. The number of carbonyl (C=O) groups is 1. The number of hydrogen-bond donors (Lipinski definition) is 1. The number of anilines is 1. The van der Waals surface area contributed by atoms with E-state index in [4.69, 9.17) is 0 Å². The van der Waals surface area contributed by atoms with Gasteiger partial charge in [-0.05, 0) is 31.4 Å². The topological polar surface area (TPSA) is 63.1 Å². The minimum absolute atomic E-state index is 0.211. The summed E-state index contributed by atoms with van der Waals surface area (Å²) in [5, 5.41) is 4.64. The molecule has 27 heavy (non-hydrogen) atoms. The quantitative estimate of drug-likeness (QED) is 0.774. The number of piperidine rings is 1. The molecular formula is C21H25N5O. The van der Waals surface area contributed by atoms with Crippen molar-refractivity contribution in [3.05, 3.63) is 54.1 Å². The Kier molecular flexibility index (Phi) is 4.79. The molecule has 0 spiro atoms. The Balaban J connectivity index is 1.36. The summed E-state index contributed by atoms with van der Waals surface area (Å²) in [5.41, 5.74) is 3.23. The Hall–Kier alpha value is -2.89. The second-order valence-corrected chi connectivity index (χ2v) is 7.30. The second-order valence-electron chi connectivity index (χ2n) is 7.30. The fraction of sp³-hybridized carbons (Fsp3) is 0.381. The average Bonchev–Trinajstić information content (AvgIpc) is 2.98. The highest BCUT2D eigenvalue weighted by Gasteiger charge is 2.23. The van der Waals surface area contributed by atoms with Crippen LogP contribution in [0.4, 0.5) is 5.82 Å². The van der Waals surface area contributed by atoms with Crippen LogP contribution < -0.4 is 5.32 Å². The molecule has 1 fully saturated rings. The Morgan fingerprint density at radius 3 is 2.78 bits per heavy atom. The number of aryl methyl sites for hydroxylation is 2. The Bertz CT molecular complexity index is 956. The molecule has 0 saturated carbocycles. The van der Waals surface area contributed by atoms with Crippen LogP contribution in [-0.4, -0.2) is 44.5 Å². The van der Waals surface area contributed by atoms with E-state index in [2.05, 4.69) is 38.2 Å². The van der Waals surface area contributed by atoms with Gasteiger partial charge in [-0.25, -0.2) is 9.97 Å². The average molecular weight is 363 g/mol. The van der Waals surface area contributed by atoms with Gasteiger partial charge < -0.3 is 14.8 Å². The van der Waals surface area contributed by atoms with Gasteiger partial charge in [-0.1, -0.05) is 18.2 Å². The maximum Gasteiger partial charge on any atom is 0.227 e. The molecule has 1 aliphatic rings. The summed E-state index contributed by atoms with van der Waals surface area (Å²) >= 11 is 0. The smallest absolute Gasteiger partial charge is 0.227 e. The summed E-state index contributed by atoms with van der Waals surface area (Å²) in [6.07, 6.45) is 5.99. The fourth-order valence-corrected chi connectivity index (χ4v) is 3.86. The van der Waals surface area contributed by atoms with Crippen molar-refractivity contribution >= 4 is 22.6 Å². The molecule has 140 valence electrons. The Morgan fingerprint density at radius 2 is 2.00 bits per heavy atom. The first-order chi connectivity index (χ1) is 13.1. The number of rotatable bonds is 4. The number of para-hydroxylation sites is 1. The van der Waals surface area contributed by atoms with E-state index in [-0.39, 0.29) is 5.91 Å². The van der Waals surface area contributed by atoms with Gasteiger partial charge in [0.2, 0.25) is 5.91 Å². The van der Waals surface area contributed by atoms with E-state index < -0.39 is 0 Å². The number of likely N-dealkylation sites (tertiary alicyclic amines) is 1. The molecule has 2 aromatic heterocycles. The third-order valence-electron chi connectivity index (χ3n) is 5.32. The van der Waals surface area contributed by atoms with Crippen molar-refractivity contribution in [1.29, 1.82) is 0 Å². The lowest BCUT2D eigenvalue weighted by molar-refractivity contribution is -0.131. The molecule has 1 aromatic carbocycles.